The number of aromatic nitrogens is 5. The molecule has 1 aromatic carbocycles. The van der Waals surface area contributed by atoms with Crippen LogP contribution in [0.4, 0.5) is 19.0 Å². The van der Waals surface area contributed by atoms with E-state index in [4.69, 9.17) is 4.74 Å². The summed E-state index contributed by atoms with van der Waals surface area (Å²) in [6.07, 6.45) is 5.90. The number of anilines is 1. The van der Waals surface area contributed by atoms with Crippen LogP contribution >= 0.6 is 0 Å². The number of unbranched alkanes of at least 4 members (excludes halogenated alkanes) is 1. The zero-order valence-corrected chi connectivity index (χ0v) is 25.1. The predicted octanol–water partition coefficient (Wildman–Crippen LogP) is 5.94. The van der Waals surface area contributed by atoms with E-state index < -0.39 is 18.0 Å². The number of aromatic amines is 1. The summed E-state index contributed by atoms with van der Waals surface area (Å²) < 4.78 is 47.5. The van der Waals surface area contributed by atoms with E-state index in [0.29, 0.717) is 42.4 Å². The fraction of sp³-hybridized carbons (Fsp3) is 0.531. The van der Waals surface area contributed by atoms with Gasteiger partial charge in [-0.25, -0.2) is 15.0 Å². The van der Waals surface area contributed by atoms with Crippen LogP contribution in [-0.2, 0) is 17.3 Å². The molecule has 9 nitrogen and oxygen atoms in total. The number of imidazole rings is 1. The van der Waals surface area contributed by atoms with Gasteiger partial charge in [-0.2, -0.15) is 13.2 Å². The van der Waals surface area contributed by atoms with E-state index in [1.807, 2.05) is 6.08 Å². The molecule has 5 unspecified atom stereocenters. The molecule has 3 aromatic heterocycles. The first kappa shape index (κ1) is 30.5. The van der Waals surface area contributed by atoms with Gasteiger partial charge in [0, 0.05) is 44.8 Å². The van der Waals surface area contributed by atoms with Gasteiger partial charge < -0.3 is 24.7 Å². The molecule has 236 valence electrons. The second-order valence-corrected chi connectivity index (χ2v) is 12.2. The minimum absolute atomic E-state index is 0.0518. The lowest BCUT2D eigenvalue weighted by molar-refractivity contribution is -0.137. The number of halogens is 3. The minimum atomic E-state index is -4.39. The maximum Gasteiger partial charge on any atom is 0.416 e. The number of H-pyrrole nitrogens is 1. The highest BCUT2D eigenvalue weighted by atomic mass is 19.4. The van der Waals surface area contributed by atoms with Crippen molar-refractivity contribution in [1.82, 2.24) is 29.4 Å². The Balaban J connectivity index is 1.10. The van der Waals surface area contributed by atoms with Crippen LogP contribution in [0.15, 0.2) is 49.4 Å². The number of aliphatic hydroxyl groups excluding tert-OH is 1. The lowest BCUT2D eigenvalue weighted by Crippen LogP contribution is -2.39. The molecule has 3 N–H and O–H groups in total. The first-order valence-electron chi connectivity index (χ1n) is 15.4. The molecule has 44 heavy (non-hydrogen) atoms. The van der Waals surface area contributed by atoms with Crippen molar-refractivity contribution < 1.29 is 23.0 Å². The molecule has 0 aliphatic heterocycles. The number of methoxy groups -OCH3 is 1. The van der Waals surface area contributed by atoms with Crippen molar-refractivity contribution in [1.29, 1.82) is 0 Å². The van der Waals surface area contributed by atoms with Crippen LogP contribution in [0, 0.1) is 11.8 Å². The molecular weight excluding hydrogens is 571 g/mol. The van der Waals surface area contributed by atoms with Gasteiger partial charge in [0.1, 0.15) is 29.8 Å². The van der Waals surface area contributed by atoms with Gasteiger partial charge >= 0.3 is 6.18 Å². The topological polar surface area (TPSA) is 104 Å². The largest absolute Gasteiger partial charge is 0.416 e. The molecule has 0 radical (unpaired) electrons. The molecule has 6 rings (SSSR count). The first-order chi connectivity index (χ1) is 21.2. The third-order valence-electron chi connectivity index (χ3n) is 9.14. The number of nitrogens with one attached hydrogen (secondary N) is 2. The molecule has 0 saturated heterocycles. The van der Waals surface area contributed by atoms with Gasteiger partial charge in [0.25, 0.3) is 0 Å². The molecule has 0 amide bonds. The van der Waals surface area contributed by atoms with E-state index in [0.717, 1.165) is 61.1 Å². The summed E-state index contributed by atoms with van der Waals surface area (Å²) >= 11 is 0. The predicted molar refractivity (Wildman–Crippen MR) is 163 cm³/mol. The van der Waals surface area contributed by atoms with E-state index in [2.05, 4.69) is 53.6 Å². The fourth-order valence-corrected chi connectivity index (χ4v) is 6.71. The molecular formula is C32H40F3N7O2. The lowest BCUT2D eigenvalue weighted by atomic mass is 9.94. The molecule has 2 saturated carbocycles. The molecule has 2 aliphatic rings. The van der Waals surface area contributed by atoms with Crippen LogP contribution < -0.4 is 5.32 Å². The number of nitrogens with zero attached hydrogens (tertiary/aromatic N) is 5. The summed E-state index contributed by atoms with van der Waals surface area (Å²) in [5.41, 5.74) is 1.10. The van der Waals surface area contributed by atoms with Crippen molar-refractivity contribution in [3.05, 3.63) is 60.8 Å². The van der Waals surface area contributed by atoms with Crippen LogP contribution in [0.5, 0.6) is 0 Å². The van der Waals surface area contributed by atoms with Crippen LogP contribution in [0.1, 0.15) is 56.5 Å². The molecule has 4 aromatic rings. The Hall–Kier alpha value is -3.48. The van der Waals surface area contributed by atoms with Gasteiger partial charge in [-0.15, -0.1) is 6.58 Å². The lowest BCUT2D eigenvalue weighted by Gasteiger charge is -2.30. The Morgan fingerprint density at radius 1 is 1.25 bits per heavy atom. The second kappa shape index (κ2) is 12.5. The standard InChI is InChI=1S/C32H40F3N7O2/c1-4-23-20(15-27(29(23)44-3)42-14-12-24-30(38-22-9-10-22)36-18-37-31(24)42)17-41(19(2)43)13-6-5-7-28-39-25-11-8-21(32(33,34)35)16-26(25)40-28/h4,8,11-12,14,16,18-20,22-23,27,29,43H,1,5-7,9-10,13,15,17H2,2-3H3,(H,39,40)(H,36,37,38). The van der Waals surface area contributed by atoms with Crippen LogP contribution in [0.3, 0.4) is 0 Å². The number of hydrogen-bond donors (Lipinski definition) is 3. The number of aryl methyl sites for hydroxylation is 1. The van der Waals surface area contributed by atoms with Crippen LogP contribution in [-0.4, -0.2) is 73.1 Å². The summed E-state index contributed by atoms with van der Waals surface area (Å²) in [6, 6.07) is 6.17. The molecule has 12 heteroatoms. The molecule has 0 spiro atoms. The smallest absolute Gasteiger partial charge is 0.379 e. The monoisotopic (exact) mass is 611 g/mol. The Labute approximate surface area is 254 Å². The average Bonchev–Trinajstić information content (AvgIpc) is 3.39. The van der Waals surface area contributed by atoms with Crippen molar-refractivity contribution in [3.63, 3.8) is 0 Å². The third kappa shape index (κ3) is 6.33. The number of hydrogen-bond acceptors (Lipinski definition) is 7. The Morgan fingerprint density at radius 2 is 2.07 bits per heavy atom. The Bertz CT molecular complexity index is 1600. The summed E-state index contributed by atoms with van der Waals surface area (Å²) in [5, 5.41) is 15.2. The van der Waals surface area contributed by atoms with E-state index in [-0.39, 0.29) is 24.0 Å². The SMILES string of the molecule is C=CC1C(CN(CCCCc2nc3ccc(C(F)(F)F)cc3[nH]2)C(C)O)CC(n2ccc3c(NC4CC4)ncnc32)C1OC. The van der Waals surface area contributed by atoms with E-state index in [9.17, 15) is 18.3 Å². The van der Waals surface area contributed by atoms with Crippen molar-refractivity contribution in [3.8, 4) is 0 Å². The Kier molecular flexibility index (Phi) is 8.67. The van der Waals surface area contributed by atoms with Gasteiger partial charge in [0.2, 0.25) is 0 Å². The maximum atomic E-state index is 13.1. The molecule has 3 heterocycles. The van der Waals surface area contributed by atoms with Gasteiger partial charge in [-0.3, -0.25) is 4.90 Å². The normalized spacial score (nSPS) is 23.2. The Morgan fingerprint density at radius 3 is 2.77 bits per heavy atom. The fourth-order valence-electron chi connectivity index (χ4n) is 6.71. The highest BCUT2D eigenvalue weighted by Gasteiger charge is 2.44. The van der Waals surface area contributed by atoms with Crippen molar-refractivity contribution in [2.45, 2.75) is 76.0 Å². The number of benzene rings is 1. The summed E-state index contributed by atoms with van der Waals surface area (Å²) in [6.45, 7) is 7.28. The first-order valence-corrected chi connectivity index (χ1v) is 15.4. The van der Waals surface area contributed by atoms with E-state index in [1.54, 1.807) is 20.4 Å². The second-order valence-electron chi connectivity index (χ2n) is 12.2. The molecule has 5 atom stereocenters. The number of ether oxygens (including phenoxy) is 1. The van der Waals surface area contributed by atoms with Crippen LogP contribution in [0.25, 0.3) is 22.1 Å². The molecule has 2 fully saturated rings. The van der Waals surface area contributed by atoms with Gasteiger partial charge in [0.05, 0.1) is 34.1 Å². The summed E-state index contributed by atoms with van der Waals surface area (Å²) in [5.74, 6) is 1.83. The third-order valence-corrected chi connectivity index (χ3v) is 9.14. The minimum Gasteiger partial charge on any atom is -0.379 e. The number of aliphatic hydroxyl groups is 1. The summed E-state index contributed by atoms with van der Waals surface area (Å²) in [7, 11) is 1.74. The highest BCUT2D eigenvalue weighted by Crippen LogP contribution is 2.44. The van der Waals surface area contributed by atoms with Gasteiger partial charge in [-0.1, -0.05) is 6.08 Å². The number of fused-ring (bicyclic) bond motifs is 2. The quantitative estimate of drug-likeness (QED) is 0.0977. The average molecular weight is 612 g/mol. The van der Waals surface area contributed by atoms with Crippen molar-refractivity contribution in [2.24, 2.45) is 11.8 Å². The molecule has 0 bridgehead atoms. The van der Waals surface area contributed by atoms with Crippen molar-refractivity contribution >= 4 is 27.9 Å². The maximum absolute atomic E-state index is 13.1. The van der Waals surface area contributed by atoms with Gasteiger partial charge in [0.15, 0.2) is 0 Å². The zero-order chi connectivity index (χ0) is 31.0. The van der Waals surface area contributed by atoms with Crippen LogP contribution in [0.2, 0.25) is 0 Å². The zero-order valence-electron chi connectivity index (χ0n) is 25.1. The van der Waals surface area contributed by atoms with Crippen molar-refractivity contribution in [2.75, 3.05) is 25.5 Å². The molecule has 2 aliphatic carbocycles. The van der Waals surface area contributed by atoms with Gasteiger partial charge in [-0.05, 0) is 69.2 Å². The highest BCUT2D eigenvalue weighted by molar-refractivity contribution is 5.87. The number of alkyl halides is 3. The van der Waals surface area contributed by atoms with E-state index in [1.165, 1.54) is 6.07 Å². The van der Waals surface area contributed by atoms with E-state index >= 15 is 0 Å². The number of rotatable bonds is 13. The summed E-state index contributed by atoms with van der Waals surface area (Å²) in [4.78, 5) is 18.7.